The van der Waals surface area contributed by atoms with Crippen molar-refractivity contribution in [3.05, 3.63) is 24.7 Å². The van der Waals surface area contributed by atoms with Crippen molar-refractivity contribution in [2.75, 3.05) is 0 Å². The zero-order valence-electron chi connectivity index (χ0n) is 7.17. The molecule has 0 saturated carbocycles. The highest BCUT2D eigenvalue weighted by Crippen LogP contribution is 1.98. The fourth-order valence-electron chi connectivity index (χ4n) is 0.264. The summed E-state index contributed by atoms with van der Waals surface area (Å²) >= 11 is 0. The van der Waals surface area contributed by atoms with Crippen LogP contribution in [0.25, 0.3) is 0 Å². The molecule has 13 heavy (non-hydrogen) atoms. The van der Waals surface area contributed by atoms with Crippen LogP contribution in [0.15, 0.2) is 24.7 Å². The van der Waals surface area contributed by atoms with Crippen LogP contribution >= 0.6 is 0 Å². The normalized spacial score (nSPS) is 12.5. The molecule has 0 amide bonds. The second-order valence-electron chi connectivity index (χ2n) is 1.68. The van der Waals surface area contributed by atoms with Crippen molar-refractivity contribution in [3.8, 4) is 0 Å². The Hall–Kier alpha value is -1.05. The van der Waals surface area contributed by atoms with E-state index in [2.05, 4.69) is 18.4 Å². The van der Waals surface area contributed by atoms with Crippen LogP contribution in [0.5, 0.6) is 0 Å². The van der Waals surface area contributed by atoms with Gasteiger partial charge >= 0.3 is 10.4 Å². The van der Waals surface area contributed by atoms with Gasteiger partial charge in [-0.3, -0.25) is 0 Å². The average Bonchev–Trinajstić information content (AvgIpc) is 2.05. The molecule has 0 atom stereocenters. The monoisotopic (exact) mass is 210 g/mol. The zero-order valence-corrected chi connectivity index (χ0v) is 7.98. The minimum absolute atomic E-state index is 1.02. The van der Waals surface area contributed by atoms with Gasteiger partial charge in [-0.2, -0.15) is 8.42 Å². The van der Waals surface area contributed by atoms with Crippen LogP contribution in [0.4, 0.5) is 0 Å². The quantitative estimate of drug-likeness (QED) is 0.372. The molecule has 0 radical (unpaired) electrons. The van der Waals surface area contributed by atoms with Gasteiger partial charge in [0.25, 0.3) is 0 Å². The number of hydrogen-bond acceptors (Lipinski definition) is 6. The van der Waals surface area contributed by atoms with Gasteiger partial charge in [0.15, 0.2) is 0 Å². The first-order valence-corrected chi connectivity index (χ1v) is 4.63. The summed E-state index contributed by atoms with van der Waals surface area (Å²) in [7, 11) is -4.27. The molecular weight excluding hydrogens is 200 g/mol. The fraction of sp³-hybridized carbons (Fsp3) is 0.333. The molecule has 0 bridgehead atoms. The van der Waals surface area contributed by atoms with Crippen molar-refractivity contribution in [3.63, 3.8) is 0 Å². The Kier molecular flexibility index (Phi) is 5.94. The number of allylic oxidation sites excluding steroid dienone is 2. The smallest absolute Gasteiger partial charge is 0.328 e. The third kappa shape index (κ3) is 7.32. The molecule has 0 N–H and O–H groups in total. The molecule has 0 rings (SSSR count). The first kappa shape index (κ1) is 11.9. The molecule has 0 unspecified atom stereocenters. The standard InChI is InChI=1S/C6H10O6S/c1-3-5-9-11-13(7,8)12-10-6-4-2/h3-6H,1-2H3/b5-3+,6-4+. The van der Waals surface area contributed by atoms with E-state index >= 15 is 0 Å². The number of hydrogen-bond donors (Lipinski definition) is 0. The molecule has 0 spiro atoms. The molecule has 0 aliphatic rings. The Bertz CT molecular complexity index is 243. The van der Waals surface area contributed by atoms with Gasteiger partial charge in [-0.15, -0.1) is 0 Å². The maximum absolute atomic E-state index is 10.6. The van der Waals surface area contributed by atoms with Crippen LogP contribution in [0.3, 0.4) is 0 Å². The van der Waals surface area contributed by atoms with Gasteiger partial charge in [-0.25, -0.2) is 0 Å². The lowest BCUT2D eigenvalue weighted by molar-refractivity contribution is -0.207. The number of rotatable bonds is 6. The van der Waals surface area contributed by atoms with Crippen molar-refractivity contribution in [1.82, 2.24) is 0 Å². The highest BCUT2D eigenvalue weighted by molar-refractivity contribution is 7.81. The Balaban J connectivity index is 3.81. The van der Waals surface area contributed by atoms with E-state index in [9.17, 15) is 8.42 Å². The first-order chi connectivity index (χ1) is 6.12. The molecule has 0 aliphatic heterocycles. The van der Waals surface area contributed by atoms with Gasteiger partial charge in [0.2, 0.25) is 0 Å². The largest absolute Gasteiger partial charge is 0.470 e. The summed E-state index contributed by atoms with van der Waals surface area (Å²) in [6.07, 6.45) is 4.91. The van der Waals surface area contributed by atoms with Crippen molar-refractivity contribution >= 4 is 10.4 Å². The van der Waals surface area contributed by atoms with Gasteiger partial charge in [0.05, 0.1) is 0 Å². The zero-order chi connectivity index (χ0) is 10.2. The Morgan fingerprint density at radius 3 is 1.62 bits per heavy atom. The summed E-state index contributed by atoms with van der Waals surface area (Å²) in [5.74, 6) is 0. The van der Waals surface area contributed by atoms with E-state index in [1.54, 1.807) is 13.8 Å². The highest BCUT2D eigenvalue weighted by Gasteiger charge is 2.14. The lowest BCUT2D eigenvalue weighted by Gasteiger charge is -1.99. The van der Waals surface area contributed by atoms with Crippen molar-refractivity contribution in [2.24, 2.45) is 0 Å². The third-order valence-corrected chi connectivity index (χ3v) is 1.12. The molecule has 0 aliphatic carbocycles. The predicted molar refractivity (Wildman–Crippen MR) is 42.9 cm³/mol. The van der Waals surface area contributed by atoms with Crippen LogP contribution < -0.4 is 0 Å². The van der Waals surface area contributed by atoms with Gasteiger partial charge in [-0.05, 0) is 34.7 Å². The molecule has 6 nitrogen and oxygen atoms in total. The molecule has 0 aromatic heterocycles. The lowest BCUT2D eigenvalue weighted by Crippen LogP contribution is -2.07. The van der Waals surface area contributed by atoms with E-state index in [4.69, 9.17) is 0 Å². The lowest BCUT2D eigenvalue weighted by atomic mass is 10.7. The molecule has 0 aromatic carbocycles. The molecular formula is C6H10O6S. The SMILES string of the molecule is C/C=C/OOS(=O)(=O)OO/C=C/C. The molecule has 7 heteroatoms. The van der Waals surface area contributed by atoms with Gasteiger partial charge in [0.1, 0.15) is 12.5 Å². The van der Waals surface area contributed by atoms with Crippen LogP contribution in [0.2, 0.25) is 0 Å². The highest BCUT2D eigenvalue weighted by atomic mass is 32.3. The van der Waals surface area contributed by atoms with E-state index in [1.807, 2.05) is 0 Å². The summed E-state index contributed by atoms with van der Waals surface area (Å²) in [6, 6.07) is 0. The molecule has 0 aromatic rings. The van der Waals surface area contributed by atoms with Crippen molar-refractivity contribution in [2.45, 2.75) is 13.8 Å². The summed E-state index contributed by atoms with van der Waals surface area (Å²) in [5.41, 5.74) is 0. The summed E-state index contributed by atoms with van der Waals surface area (Å²) < 4.78 is 28.9. The van der Waals surface area contributed by atoms with Crippen LogP contribution in [-0.4, -0.2) is 8.42 Å². The van der Waals surface area contributed by atoms with Crippen LogP contribution in [0, 0.1) is 0 Å². The van der Waals surface area contributed by atoms with E-state index in [0.717, 1.165) is 12.5 Å². The summed E-state index contributed by atoms with van der Waals surface area (Å²) in [4.78, 5) is 8.16. The molecule has 0 fully saturated rings. The van der Waals surface area contributed by atoms with E-state index in [1.165, 1.54) is 12.2 Å². The van der Waals surface area contributed by atoms with Gasteiger partial charge < -0.3 is 9.78 Å². The third-order valence-electron chi connectivity index (χ3n) is 0.629. The Labute approximate surface area is 76.5 Å². The predicted octanol–water partition coefficient (Wildman–Crippen LogP) is 1.19. The van der Waals surface area contributed by atoms with Gasteiger partial charge in [0, 0.05) is 0 Å². The summed E-state index contributed by atoms with van der Waals surface area (Å²) in [5, 5.41) is 0. The van der Waals surface area contributed by atoms with Crippen molar-refractivity contribution < 1.29 is 26.9 Å². The molecule has 0 saturated heterocycles. The van der Waals surface area contributed by atoms with Crippen LogP contribution in [0.1, 0.15) is 13.8 Å². The second kappa shape index (κ2) is 6.46. The van der Waals surface area contributed by atoms with Gasteiger partial charge in [-0.1, -0.05) is 0 Å². The second-order valence-corrected chi connectivity index (χ2v) is 2.76. The molecule has 76 valence electrons. The minimum Gasteiger partial charge on any atom is -0.328 e. The Morgan fingerprint density at radius 2 is 1.31 bits per heavy atom. The first-order valence-electron chi connectivity index (χ1n) is 3.29. The van der Waals surface area contributed by atoms with Crippen molar-refractivity contribution in [1.29, 1.82) is 0 Å². The maximum atomic E-state index is 10.6. The Morgan fingerprint density at radius 1 is 0.923 bits per heavy atom. The van der Waals surface area contributed by atoms with Crippen LogP contribution in [-0.2, 0) is 28.8 Å². The topological polar surface area (TPSA) is 71.1 Å². The van der Waals surface area contributed by atoms with E-state index in [-0.39, 0.29) is 0 Å². The van der Waals surface area contributed by atoms with E-state index < -0.39 is 10.4 Å². The fourth-order valence-corrected chi connectivity index (χ4v) is 0.570. The van der Waals surface area contributed by atoms with E-state index in [0.29, 0.717) is 0 Å². The maximum Gasteiger partial charge on any atom is 0.470 e. The minimum atomic E-state index is -4.27. The summed E-state index contributed by atoms with van der Waals surface area (Å²) in [6.45, 7) is 3.24. The average molecular weight is 210 g/mol. The molecule has 0 heterocycles.